The molecule has 0 aliphatic carbocycles. The van der Waals surface area contributed by atoms with Crippen LogP contribution in [0, 0.1) is 5.82 Å². The van der Waals surface area contributed by atoms with Crippen LogP contribution in [0.1, 0.15) is 17.4 Å². The summed E-state index contributed by atoms with van der Waals surface area (Å²) in [4.78, 5) is 0. The molecule has 0 spiro atoms. The van der Waals surface area contributed by atoms with Gasteiger partial charge in [0.05, 0.1) is 6.04 Å². The van der Waals surface area contributed by atoms with Crippen LogP contribution >= 0.6 is 15.9 Å². The number of hydrogen-bond donors (Lipinski definition) is 1. The molecule has 1 unspecified atom stereocenters. The summed E-state index contributed by atoms with van der Waals surface area (Å²) in [7, 11) is 0. The van der Waals surface area contributed by atoms with E-state index in [9.17, 15) is 4.39 Å². The first-order valence-corrected chi connectivity index (χ1v) is 5.22. The number of furan rings is 1. The van der Waals surface area contributed by atoms with Gasteiger partial charge in [0, 0.05) is 0 Å². The third-order valence-electron chi connectivity index (χ3n) is 2.13. The number of rotatable bonds is 2. The summed E-state index contributed by atoms with van der Waals surface area (Å²) in [5, 5.41) is 0. The highest BCUT2D eigenvalue weighted by atomic mass is 79.9. The monoisotopic (exact) mass is 269 g/mol. The second kappa shape index (κ2) is 4.16. The average Bonchev–Trinajstić information content (AvgIpc) is 2.65. The number of benzene rings is 1. The lowest BCUT2D eigenvalue weighted by Crippen LogP contribution is -2.10. The van der Waals surface area contributed by atoms with Gasteiger partial charge in [0.25, 0.3) is 0 Å². The van der Waals surface area contributed by atoms with E-state index in [4.69, 9.17) is 10.2 Å². The highest BCUT2D eigenvalue weighted by molar-refractivity contribution is 9.10. The quantitative estimate of drug-likeness (QED) is 0.909. The molecule has 2 N–H and O–H groups in total. The minimum absolute atomic E-state index is 0.272. The van der Waals surface area contributed by atoms with Crippen molar-refractivity contribution in [2.24, 2.45) is 5.73 Å². The maximum absolute atomic E-state index is 12.7. The van der Waals surface area contributed by atoms with E-state index in [0.717, 1.165) is 5.56 Å². The molecule has 1 atom stereocenters. The van der Waals surface area contributed by atoms with Crippen LogP contribution in [0.3, 0.4) is 0 Å². The molecule has 78 valence electrons. The minimum atomic E-state index is -0.364. The summed E-state index contributed by atoms with van der Waals surface area (Å²) in [5.74, 6) is 0.375. The SMILES string of the molecule is NC(c1ccc(F)cc1)c1ccc(Br)o1. The number of hydrogen-bond acceptors (Lipinski definition) is 2. The minimum Gasteiger partial charge on any atom is -0.452 e. The van der Waals surface area contributed by atoms with Crippen LogP contribution < -0.4 is 5.73 Å². The van der Waals surface area contributed by atoms with E-state index in [1.807, 2.05) is 0 Å². The van der Waals surface area contributed by atoms with Gasteiger partial charge in [0.1, 0.15) is 11.6 Å². The largest absolute Gasteiger partial charge is 0.452 e. The van der Waals surface area contributed by atoms with Crippen LogP contribution in [0.4, 0.5) is 4.39 Å². The second-order valence-electron chi connectivity index (χ2n) is 3.17. The van der Waals surface area contributed by atoms with E-state index in [0.29, 0.717) is 10.4 Å². The summed E-state index contributed by atoms with van der Waals surface area (Å²) in [6.45, 7) is 0. The molecule has 15 heavy (non-hydrogen) atoms. The normalized spacial score (nSPS) is 12.7. The standard InChI is InChI=1S/C11H9BrFNO/c12-10-6-5-9(15-10)11(14)7-1-3-8(13)4-2-7/h1-6,11H,14H2. The lowest BCUT2D eigenvalue weighted by atomic mass is 10.1. The molecule has 0 aliphatic rings. The Balaban J connectivity index is 2.28. The molecule has 0 aliphatic heterocycles. The zero-order valence-corrected chi connectivity index (χ0v) is 9.37. The molecular formula is C11H9BrFNO. The van der Waals surface area contributed by atoms with Gasteiger partial charge in [-0.05, 0) is 45.8 Å². The van der Waals surface area contributed by atoms with Crippen molar-refractivity contribution in [3.8, 4) is 0 Å². The van der Waals surface area contributed by atoms with Crippen LogP contribution in [0.2, 0.25) is 0 Å². The van der Waals surface area contributed by atoms with Crippen molar-refractivity contribution in [3.05, 3.63) is 58.2 Å². The van der Waals surface area contributed by atoms with Gasteiger partial charge in [-0.25, -0.2) is 4.39 Å². The summed E-state index contributed by atoms with van der Waals surface area (Å²) < 4.78 is 18.6. The smallest absolute Gasteiger partial charge is 0.169 e. The van der Waals surface area contributed by atoms with Gasteiger partial charge in [-0.1, -0.05) is 12.1 Å². The molecule has 2 rings (SSSR count). The van der Waals surface area contributed by atoms with E-state index in [-0.39, 0.29) is 11.9 Å². The van der Waals surface area contributed by atoms with Crippen molar-refractivity contribution in [1.82, 2.24) is 0 Å². The molecule has 0 fully saturated rings. The van der Waals surface area contributed by atoms with Crippen LogP contribution in [-0.2, 0) is 0 Å². The Kier molecular flexibility index (Phi) is 2.88. The molecule has 1 heterocycles. The lowest BCUT2D eigenvalue weighted by molar-refractivity contribution is 0.470. The molecule has 2 nitrogen and oxygen atoms in total. The summed E-state index contributed by atoms with van der Waals surface area (Å²) >= 11 is 3.20. The van der Waals surface area contributed by atoms with E-state index in [1.54, 1.807) is 24.3 Å². The Hall–Kier alpha value is -1.13. The van der Waals surface area contributed by atoms with Gasteiger partial charge >= 0.3 is 0 Å². The third-order valence-corrected chi connectivity index (χ3v) is 2.56. The topological polar surface area (TPSA) is 39.2 Å². The molecule has 0 radical (unpaired) electrons. The Morgan fingerprint density at radius 2 is 1.80 bits per heavy atom. The van der Waals surface area contributed by atoms with E-state index >= 15 is 0 Å². The average molecular weight is 270 g/mol. The van der Waals surface area contributed by atoms with Crippen LogP contribution in [-0.4, -0.2) is 0 Å². The second-order valence-corrected chi connectivity index (χ2v) is 3.95. The van der Waals surface area contributed by atoms with Crippen molar-refractivity contribution >= 4 is 15.9 Å². The van der Waals surface area contributed by atoms with E-state index in [1.165, 1.54) is 12.1 Å². The van der Waals surface area contributed by atoms with Gasteiger partial charge in [-0.15, -0.1) is 0 Å². The predicted molar refractivity (Wildman–Crippen MR) is 58.8 cm³/mol. The van der Waals surface area contributed by atoms with Gasteiger partial charge < -0.3 is 10.2 Å². The maximum atomic E-state index is 12.7. The summed E-state index contributed by atoms with van der Waals surface area (Å²) in [5.41, 5.74) is 6.76. The van der Waals surface area contributed by atoms with Crippen molar-refractivity contribution in [2.75, 3.05) is 0 Å². The first-order valence-electron chi connectivity index (χ1n) is 4.43. The fourth-order valence-corrected chi connectivity index (χ4v) is 1.65. The van der Waals surface area contributed by atoms with Gasteiger partial charge in [-0.2, -0.15) is 0 Å². The number of halogens is 2. The molecule has 0 saturated heterocycles. The Morgan fingerprint density at radius 1 is 1.13 bits per heavy atom. The van der Waals surface area contributed by atoms with Gasteiger partial charge in [0.15, 0.2) is 4.67 Å². The van der Waals surface area contributed by atoms with Crippen LogP contribution in [0.25, 0.3) is 0 Å². The van der Waals surface area contributed by atoms with E-state index in [2.05, 4.69) is 15.9 Å². The first kappa shape index (κ1) is 10.4. The van der Waals surface area contributed by atoms with E-state index < -0.39 is 0 Å². The number of nitrogens with two attached hydrogens (primary N) is 1. The third kappa shape index (κ3) is 2.27. The zero-order valence-electron chi connectivity index (χ0n) is 7.78. The lowest BCUT2D eigenvalue weighted by Gasteiger charge is -2.08. The highest BCUT2D eigenvalue weighted by Crippen LogP contribution is 2.24. The predicted octanol–water partition coefficient (Wildman–Crippen LogP) is 3.23. The zero-order chi connectivity index (χ0) is 10.8. The summed E-state index contributed by atoms with van der Waals surface area (Å²) in [6.07, 6.45) is 0. The Labute approximate surface area is 95.0 Å². The molecular weight excluding hydrogens is 261 g/mol. The molecule has 1 aromatic heterocycles. The van der Waals surface area contributed by atoms with Gasteiger partial charge in [-0.3, -0.25) is 0 Å². The van der Waals surface area contributed by atoms with Crippen LogP contribution in [0.15, 0.2) is 45.5 Å². The van der Waals surface area contributed by atoms with Gasteiger partial charge in [0.2, 0.25) is 0 Å². The van der Waals surface area contributed by atoms with Crippen molar-refractivity contribution in [3.63, 3.8) is 0 Å². The molecule has 0 saturated carbocycles. The van der Waals surface area contributed by atoms with Crippen LogP contribution in [0.5, 0.6) is 0 Å². The maximum Gasteiger partial charge on any atom is 0.169 e. The Morgan fingerprint density at radius 3 is 2.33 bits per heavy atom. The summed E-state index contributed by atoms with van der Waals surface area (Å²) in [6, 6.07) is 9.27. The molecule has 4 heteroatoms. The molecule has 0 amide bonds. The fraction of sp³-hybridized carbons (Fsp3) is 0.0909. The van der Waals surface area contributed by atoms with Crippen molar-refractivity contribution in [1.29, 1.82) is 0 Å². The first-order chi connectivity index (χ1) is 7.16. The highest BCUT2D eigenvalue weighted by Gasteiger charge is 2.12. The fourth-order valence-electron chi connectivity index (χ4n) is 1.33. The molecule has 0 bridgehead atoms. The molecule has 2 aromatic rings. The van der Waals surface area contributed by atoms with Crippen molar-refractivity contribution < 1.29 is 8.81 Å². The van der Waals surface area contributed by atoms with Crippen molar-refractivity contribution in [2.45, 2.75) is 6.04 Å². The Bertz CT molecular complexity index is 452. The molecule has 1 aromatic carbocycles.